The van der Waals surface area contributed by atoms with E-state index in [0.29, 0.717) is 5.70 Å². The quantitative estimate of drug-likeness (QED) is 0.658. The lowest BCUT2D eigenvalue weighted by Crippen LogP contribution is -2.00. The molecule has 2 heteroatoms. The molecule has 1 aromatic carbocycles. The molecule has 11 heavy (non-hydrogen) atoms. The van der Waals surface area contributed by atoms with E-state index in [9.17, 15) is 0 Å². The normalized spacial score (nSPS) is 11.5. The van der Waals surface area contributed by atoms with Gasteiger partial charge in [0.05, 0.1) is 6.61 Å². The van der Waals surface area contributed by atoms with Gasteiger partial charge in [0.15, 0.2) is 0 Å². The molecule has 0 radical (unpaired) electrons. The van der Waals surface area contributed by atoms with Crippen molar-refractivity contribution < 1.29 is 5.11 Å². The van der Waals surface area contributed by atoms with Gasteiger partial charge >= 0.3 is 0 Å². The Bertz CT molecular complexity index is 241. The lowest BCUT2D eigenvalue weighted by molar-refractivity contribution is 0.331. The van der Waals surface area contributed by atoms with E-state index in [1.54, 1.807) is 6.08 Å². The second-order valence-corrected chi connectivity index (χ2v) is 2.29. The molecule has 0 aliphatic rings. The minimum atomic E-state index is -0.0884. The number of hydrogen-bond acceptors (Lipinski definition) is 2. The van der Waals surface area contributed by atoms with Crippen molar-refractivity contribution in [3.63, 3.8) is 0 Å². The van der Waals surface area contributed by atoms with Crippen LogP contribution in [0.15, 0.2) is 36.0 Å². The first-order chi connectivity index (χ1) is 5.33. The minimum Gasteiger partial charge on any atom is -0.400 e. The topological polar surface area (TPSA) is 46.2 Å². The van der Waals surface area contributed by atoms with Gasteiger partial charge in [-0.1, -0.05) is 30.3 Å². The van der Waals surface area contributed by atoms with Gasteiger partial charge in [0, 0.05) is 5.70 Å². The summed E-state index contributed by atoms with van der Waals surface area (Å²) < 4.78 is 0. The minimum absolute atomic E-state index is 0.0884. The van der Waals surface area contributed by atoms with Gasteiger partial charge in [0.1, 0.15) is 0 Å². The summed E-state index contributed by atoms with van der Waals surface area (Å²) in [6.45, 7) is -0.0884. The standard InChI is InChI=1S/C9H11NO/c10-9(7-11)6-8-4-2-1-3-5-8/h1-6,11H,7,10H2/b9-6+. The van der Waals surface area contributed by atoms with Crippen LogP contribution in [-0.2, 0) is 0 Å². The van der Waals surface area contributed by atoms with Gasteiger partial charge in [-0.25, -0.2) is 0 Å². The van der Waals surface area contributed by atoms with E-state index >= 15 is 0 Å². The second kappa shape index (κ2) is 3.78. The molecule has 0 fully saturated rings. The molecule has 0 aliphatic carbocycles. The van der Waals surface area contributed by atoms with Gasteiger partial charge in [-0.05, 0) is 11.6 Å². The van der Waals surface area contributed by atoms with Gasteiger partial charge in [0.2, 0.25) is 0 Å². The van der Waals surface area contributed by atoms with Crippen molar-refractivity contribution in [2.45, 2.75) is 0 Å². The maximum atomic E-state index is 8.60. The number of aliphatic hydroxyl groups excluding tert-OH is 1. The fourth-order valence-corrected chi connectivity index (χ4v) is 0.809. The molecule has 0 atom stereocenters. The van der Waals surface area contributed by atoms with Crippen molar-refractivity contribution in [2.75, 3.05) is 6.61 Å². The molecular formula is C9H11NO. The summed E-state index contributed by atoms with van der Waals surface area (Å²) in [4.78, 5) is 0. The van der Waals surface area contributed by atoms with Crippen molar-refractivity contribution in [1.29, 1.82) is 0 Å². The SMILES string of the molecule is N/C(=C/c1ccccc1)CO. The Morgan fingerprint density at radius 1 is 1.36 bits per heavy atom. The predicted octanol–water partition coefficient (Wildman–Crippen LogP) is 0.978. The average Bonchev–Trinajstić information content (AvgIpc) is 2.06. The third kappa shape index (κ3) is 2.43. The van der Waals surface area contributed by atoms with Crippen LogP contribution in [0.4, 0.5) is 0 Å². The van der Waals surface area contributed by atoms with E-state index in [1.165, 1.54) is 0 Å². The van der Waals surface area contributed by atoms with Gasteiger partial charge in [0.25, 0.3) is 0 Å². The number of rotatable bonds is 2. The molecule has 1 rings (SSSR count). The van der Waals surface area contributed by atoms with Crippen LogP contribution in [0, 0.1) is 0 Å². The molecule has 0 saturated carbocycles. The Morgan fingerprint density at radius 2 is 2.00 bits per heavy atom. The summed E-state index contributed by atoms with van der Waals surface area (Å²) in [6, 6.07) is 9.66. The van der Waals surface area contributed by atoms with Crippen LogP contribution >= 0.6 is 0 Å². The van der Waals surface area contributed by atoms with Crippen LogP contribution in [0.3, 0.4) is 0 Å². The number of hydrogen-bond donors (Lipinski definition) is 2. The van der Waals surface area contributed by atoms with Crippen LogP contribution in [0.5, 0.6) is 0 Å². The Kier molecular flexibility index (Phi) is 2.69. The fourth-order valence-electron chi connectivity index (χ4n) is 0.809. The molecule has 0 amide bonds. The highest BCUT2D eigenvalue weighted by atomic mass is 16.3. The van der Waals surface area contributed by atoms with Crippen LogP contribution in [0.2, 0.25) is 0 Å². The zero-order chi connectivity index (χ0) is 8.10. The van der Waals surface area contributed by atoms with Crippen molar-refractivity contribution in [3.8, 4) is 0 Å². The van der Waals surface area contributed by atoms with E-state index in [1.807, 2.05) is 30.3 Å². The molecule has 2 nitrogen and oxygen atoms in total. The zero-order valence-corrected chi connectivity index (χ0v) is 6.20. The largest absolute Gasteiger partial charge is 0.400 e. The van der Waals surface area contributed by atoms with Crippen LogP contribution in [0.1, 0.15) is 5.56 Å². The molecule has 0 aliphatic heterocycles. The highest BCUT2D eigenvalue weighted by Crippen LogP contribution is 2.02. The summed E-state index contributed by atoms with van der Waals surface area (Å²) in [5, 5.41) is 8.60. The van der Waals surface area contributed by atoms with E-state index in [0.717, 1.165) is 5.56 Å². The molecule has 0 bridgehead atoms. The van der Waals surface area contributed by atoms with Crippen LogP contribution < -0.4 is 5.73 Å². The molecule has 0 saturated heterocycles. The molecule has 58 valence electrons. The summed E-state index contributed by atoms with van der Waals surface area (Å²) >= 11 is 0. The van der Waals surface area contributed by atoms with Crippen LogP contribution in [0.25, 0.3) is 6.08 Å². The van der Waals surface area contributed by atoms with Crippen LogP contribution in [-0.4, -0.2) is 11.7 Å². The van der Waals surface area contributed by atoms with E-state index in [4.69, 9.17) is 10.8 Å². The Balaban J connectivity index is 2.79. The first-order valence-corrected chi connectivity index (χ1v) is 3.45. The predicted molar refractivity (Wildman–Crippen MR) is 45.7 cm³/mol. The van der Waals surface area contributed by atoms with Gasteiger partial charge in [-0.15, -0.1) is 0 Å². The van der Waals surface area contributed by atoms with Crippen molar-refractivity contribution >= 4 is 6.08 Å². The van der Waals surface area contributed by atoms with E-state index < -0.39 is 0 Å². The van der Waals surface area contributed by atoms with E-state index in [-0.39, 0.29) is 6.61 Å². The molecule has 3 N–H and O–H groups in total. The molecular weight excluding hydrogens is 138 g/mol. The van der Waals surface area contributed by atoms with Crippen molar-refractivity contribution in [2.24, 2.45) is 5.73 Å². The first-order valence-electron chi connectivity index (χ1n) is 3.45. The summed E-state index contributed by atoms with van der Waals surface area (Å²) in [7, 11) is 0. The van der Waals surface area contributed by atoms with E-state index in [2.05, 4.69) is 0 Å². The first kappa shape index (κ1) is 7.82. The summed E-state index contributed by atoms with van der Waals surface area (Å²) in [6.07, 6.45) is 1.75. The van der Waals surface area contributed by atoms with Crippen molar-refractivity contribution in [3.05, 3.63) is 41.6 Å². The Labute approximate surface area is 66.0 Å². The Hall–Kier alpha value is -1.28. The molecule has 0 unspecified atom stereocenters. The highest BCUT2D eigenvalue weighted by molar-refractivity contribution is 5.51. The molecule has 0 spiro atoms. The third-order valence-corrected chi connectivity index (χ3v) is 1.33. The number of aliphatic hydroxyl groups is 1. The molecule has 1 aromatic rings. The monoisotopic (exact) mass is 149 g/mol. The Morgan fingerprint density at radius 3 is 2.55 bits per heavy atom. The van der Waals surface area contributed by atoms with Gasteiger partial charge in [-0.2, -0.15) is 0 Å². The smallest absolute Gasteiger partial charge is 0.0825 e. The maximum absolute atomic E-state index is 8.60. The lowest BCUT2D eigenvalue weighted by Gasteiger charge is -1.94. The highest BCUT2D eigenvalue weighted by Gasteiger charge is 1.87. The molecule has 0 heterocycles. The molecule has 0 aromatic heterocycles. The number of nitrogens with two attached hydrogens (primary N) is 1. The number of benzene rings is 1. The van der Waals surface area contributed by atoms with Gasteiger partial charge < -0.3 is 10.8 Å². The zero-order valence-electron chi connectivity index (χ0n) is 6.20. The maximum Gasteiger partial charge on any atom is 0.0825 e. The average molecular weight is 149 g/mol. The summed E-state index contributed by atoms with van der Waals surface area (Å²) in [5.74, 6) is 0. The second-order valence-electron chi connectivity index (χ2n) is 2.29. The third-order valence-electron chi connectivity index (χ3n) is 1.33. The van der Waals surface area contributed by atoms with Gasteiger partial charge in [-0.3, -0.25) is 0 Å². The fraction of sp³-hybridized carbons (Fsp3) is 0.111. The van der Waals surface area contributed by atoms with Crippen molar-refractivity contribution in [1.82, 2.24) is 0 Å². The summed E-state index contributed by atoms with van der Waals surface area (Å²) in [5.41, 5.74) is 6.91. The lowest BCUT2D eigenvalue weighted by atomic mass is 10.2.